The molecule has 0 bridgehead atoms. The molecule has 0 aromatic heterocycles. The number of amides is 1. The Kier molecular flexibility index (Phi) is 27.7. The summed E-state index contributed by atoms with van der Waals surface area (Å²) in [7, 11) is 0. The number of nitro groups is 1. The monoisotopic (exact) mass is 756 g/mol. The van der Waals surface area contributed by atoms with Crippen molar-refractivity contribution < 1.29 is 58.1 Å². The van der Waals surface area contributed by atoms with Crippen LogP contribution in [0.2, 0.25) is 0 Å². The van der Waals surface area contributed by atoms with Gasteiger partial charge in [-0.2, -0.15) is 0 Å². The Balaban J connectivity index is 0. The van der Waals surface area contributed by atoms with Gasteiger partial charge in [-0.05, 0) is 95.5 Å². The van der Waals surface area contributed by atoms with E-state index in [1.165, 1.54) is 24.3 Å². The van der Waals surface area contributed by atoms with Gasteiger partial charge in [0.25, 0.3) is 5.69 Å². The predicted octanol–water partition coefficient (Wildman–Crippen LogP) is 4.72. The maximum atomic E-state index is 11.7. The van der Waals surface area contributed by atoms with Crippen LogP contribution >= 0.6 is 0 Å². The van der Waals surface area contributed by atoms with E-state index in [2.05, 4.69) is 25.4 Å². The molecule has 23 heteroatoms. The number of non-ortho nitro benzene ring substituents is 1. The smallest absolute Gasteiger partial charge is 0.480 e. The fourth-order valence-electron chi connectivity index (χ4n) is 3.36. The average Bonchev–Trinajstić information content (AvgIpc) is 3.08. The summed E-state index contributed by atoms with van der Waals surface area (Å²) in [4.78, 5) is 71.0. The normalized spacial score (nSPS) is 11.1. The minimum atomic E-state index is -1.20. The van der Waals surface area contributed by atoms with Crippen molar-refractivity contribution in [3.05, 3.63) is 55.3 Å². The van der Waals surface area contributed by atoms with Crippen LogP contribution in [0.25, 0.3) is 20.9 Å². The van der Waals surface area contributed by atoms with Crippen LogP contribution < -0.4 is 21.5 Å². The third-order valence-corrected chi connectivity index (χ3v) is 5.83. The summed E-state index contributed by atoms with van der Waals surface area (Å²) in [5, 5.41) is 37.0. The van der Waals surface area contributed by atoms with Gasteiger partial charge in [-0.15, -0.1) is 0 Å². The first-order valence-corrected chi connectivity index (χ1v) is 16.1. The van der Waals surface area contributed by atoms with Crippen LogP contribution in [0.5, 0.6) is 5.75 Å². The molecule has 0 aliphatic carbocycles. The van der Waals surface area contributed by atoms with Crippen LogP contribution in [0.4, 0.5) is 15.3 Å². The molecular weight excluding hydrogens is 708 g/mol. The molecule has 296 valence electrons. The number of carboxylic acids is 2. The Labute approximate surface area is 304 Å². The second kappa shape index (κ2) is 29.8. The van der Waals surface area contributed by atoms with E-state index in [4.69, 9.17) is 51.7 Å². The summed E-state index contributed by atoms with van der Waals surface area (Å²) in [6.45, 7) is 6.33. The number of azide groups is 2. The van der Waals surface area contributed by atoms with Crippen LogP contribution in [-0.4, -0.2) is 95.8 Å². The largest absolute Gasteiger partial charge is 0.513 e. The lowest BCUT2D eigenvalue weighted by atomic mass is 10.1. The number of carboxylic acid groups (broad SMARTS) is 2. The number of rotatable bonds is 21. The number of carbonyl (C=O) groups excluding carboxylic acids is 3. The first-order chi connectivity index (χ1) is 25.0. The Morgan fingerprint density at radius 1 is 0.906 bits per heavy atom. The molecule has 0 radical (unpaired) electrons. The van der Waals surface area contributed by atoms with Crippen molar-refractivity contribution in [2.75, 3.05) is 32.8 Å². The van der Waals surface area contributed by atoms with Crippen molar-refractivity contribution in [2.24, 2.45) is 21.7 Å². The molecule has 0 aliphatic heterocycles. The molecule has 0 aliphatic rings. The predicted molar refractivity (Wildman–Crippen MR) is 186 cm³/mol. The van der Waals surface area contributed by atoms with Gasteiger partial charge in [-0.3, -0.25) is 19.7 Å². The maximum absolute atomic E-state index is 11.7. The molecule has 0 spiro atoms. The Morgan fingerprint density at radius 2 is 1.47 bits per heavy atom. The Hall–Kier alpha value is -5.89. The highest BCUT2D eigenvalue weighted by Gasteiger charge is 2.23. The third kappa shape index (κ3) is 30.6. The molecule has 23 nitrogen and oxygen atoms in total. The number of nitrogens with one attached hydrogen (secondary N) is 1. The quantitative estimate of drug-likeness (QED) is 0.0130. The van der Waals surface area contributed by atoms with E-state index in [1.807, 2.05) is 0 Å². The number of ether oxygens (including phenoxy) is 4. The van der Waals surface area contributed by atoms with E-state index in [1.54, 1.807) is 20.8 Å². The molecule has 0 fully saturated rings. The van der Waals surface area contributed by atoms with E-state index in [-0.39, 0.29) is 50.0 Å². The topological polar surface area (TPSA) is 367 Å². The van der Waals surface area contributed by atoms with Crippen LogP contribution in [0.1, 0.15) is 72.1 Å². The molecule has 0 saturated carbocycles. The second-order valence-electron chi connectivity index (χ2n) is 11.4. The molecule has 1 amide bonds. The zero-order chi connectivity index (χ0) is 40.7. The molecule has 1 aromatic rings. The number of hydrogen-bond donors (Lipinski definition) is 5. The number of nitrogens with two attached hydrogens (primary N) is 2. The summed E-state index contributed by atoms with van der Waals surface area (Å²) in [6.07, 6.45) is 1.24. The summed E-state index contributed by atoms with van der Waals surface area (Å²) < 4.78 is 19.6. The maximum Gasteiger partial charge on any atom is 0.513 e. The highest BCUT2D eigenvalue weighted by Crippen LogP contribution is 2.18. The van der Waals surface area contributed by atoms with Gasteiger partial charge in [0.1, 0.15) is 23.4 Å². The fraction of sp³-hybridized carbons (Fsp3) is 0.633. The zero-order valence-electron chi connectivity index (χ0n) is 29.8. The molecule has 53 heavy (non-hydrogen) atoms. The molecule has 7 N–H and O–H groups in total. The molecule has 2 atom stereocenters. The molecule has 0 unspecified atom stereocenters. The van der Waals surface area contributed by atoms with E-state index in [0.717, 1.165) is 0 Å². The standard InChI is InChI=1S/C18H24N2O9.C10H18N4O4.C2H6N4/c1-18(2,3)29-16(23)19-14(15(21)22)6-4-5-11-27-17(24)28-13-9-7-12(8-10-13)20(25)26;11-8(10(16)17)4-1-2-7-18-9(15)5-3-6-13-14-12;3-1-2-5-6-4/h7-10,14H,4-6,11H2,1-3H3,(H,19,23)(H,21,22);8H,1-7,11H2,(H,16,17);1-3H2/t14-;8-;/m00./s1. The van der Waals surface area contributed by atoms with Gasteiger partial charge in [0, 0.05) is 41.5 Å². The molecule has 0 heterocycles. The lowest BCUT2D eigenvalue weighted by Gasteiger charge is -2.22. The molecule has 1 aromatic carbocycles. The number of aliphatic carboxylic acids is 2. The number of nitrogens with zero attached hydrogens (tertiary/aromatic N) is 7. The molecular formula is C30H48N10O13. The molecule has 1 rings (SSSR count). The first-order valence-electron chi connectivity index (χ1n) is 16.1. The number of carbonyl (C=O) groups is 5. The number of hydrogen-bond acceptors (Lipinski definition) is 15. The van der Waals surface area contributed by atoms with E-state index in [0.29, 0.717) is 51.6 Å². The number of alkyl carbamates (subject to hydrolysis) is 1. The Morgan fingerprint density at radius 3 is 1.96 bits per heavy atom. The van der Waals surface area contributed by atoms with Crippen molar-refractivity contribution in [3.8, 4) is 5.75 Å². The van der Waals surface area contributed by atoms with Gasteiger partial charge in [0.05, 0.1) is 18.1 Å². The van der Waals surface area contributed by atoms with Crippen molar-refractivity contribution in [1.29, 1.82) is 0 Å². The van der Waals surface area contributed by atoms with Crippen molar-refractivity contribution in [3.63, 3.8) is 0 Å². The van der Waals surface area contributed by atoms with Crippen molar-refractivity contribution >= 4 is 35.8 Å². The lowest BCUT2D eigenvalue weighted by molar-refractivity contribution is -0.384. The van der Waals surface area contributed by atoms with Crippen LogP contribution in [0, 0.1) is 10.1 Å². The van der Waals surface area contributed by atoms with Gasteiger partial charge in [0.15, 0.2) is 0 Å². The van der Waals surface area contributed by atoms with Gasteiger partial charge >= 0.3 is 30.2 Å². The van der Waals surface area contributed by atoms with Crippen molar-refractivity contribution in [1.82, 2.24) is 5.32 Å². The van der Waals surface area contributed by atoms with Gasteiger partial charge < -0.3 is 45.9 Å². The Bertz CT molecular complexity index is 1380. The van der Waals surface area contributed by atoms with Gasteiger partial charge in [-0.1, -0.05) is 10.2 Å². The minimum Gasteiger partial charge on any atom is -0.480 e. The second-order valence-corrected chi connectivity index (χ2v) is 11.4. The first kappa shape index (κ1) is 49.2. The third-order valence-electron chi connectivity index (χ3n) is 5.83. The summed E-state index contributed by atoms with van der Waals surface area (Å²) in [5.74, 6) is -2.47. The number of esters is 1. The van der Waals surface area contributed by atoms with E-state index in [9.17, 15) is 34.1 Å². The van der Waals surface area contributed by atoms with Gasteiger partial charge in [0.2, 0.25) is 0 Å². The number of nitro benzene ring substituents is 1. The van der Waals surface area contributed by atoms with Crippen LogP contribution in [-0.2, 0) is 28.6 Å². The highest BCUT2D eigenvalue weighted by molar-refractivity contribution is 5.80. The summed E-state index contributed by atoms with van der Waals surface area (Å²) >= 11 is 0. The minimum absolute atomic E-state index is 0.0232. The van der Waals surface area contributed by atoms with Crippen LogP contribution in [0.15, 0.2) is 34.5 Å². The SMILES string of the molecule is CC(C)(C)OC(=O)N[C@@H](CCCCOC(=O)Oc1ccc([N+](=O)[O-])cc1)C(=O)O.[N-]=[N+]=NCCCC(=O)OCCCC[C@H](N)C(=O)O.[N-]=[N+]=NCCN. The fourth-order valence-corrected chi connectivity index (χ4v) is 3.36. The van der Waals surface area contributed by atoms with Crippen LogP contribution in [0.3, 0.4) is 0 Å². The average molecular weight is 757 g/mol. The highest BCUT2D eigenvalue weighted by atomic mass is 16.7. The number of unbranched alkanes of at least 4 members (excludes halogenated alkanes) is 2. The van der Waals surface area contributed by atoms with E-state index >= 15 is 0 Å². The number of benzene rings is 1. The molecule has 0 saturated heterocycles. The van der Waals surface area contributed by atoms with Gasteiger partial charge in [-0.25, -0.2) is 14.4 Å². The zero-order valence-corrected chi connectivity index (χ0v) is 29.8. The summed E-state index contributed by atoms with van der Waals surface area (Å²) in [5.41, 5.74) is 25.0. The van der Waals surface area contributed by atoms with Crippen molar-refractivity contribution in [2.45, 2.75) is 89.8 Å². The summed E-state index contributed by atoms with van der Waals surface area (Å²) in [6, 6.07) is 2.92. The lowest BCUT2D eigenvalue weighted by Crippen LogP contribution is -2.43. The van der Waals surface area contributed by atoms with E-state index < -0.39 is 46.8 Å².